The monoisotopic (exact) mass is 324 g/mol. The van der Waals surface area contributed by atoms with Crippen molar-refractivity contribution in [2.75, 3.05) is 16.8 Å². The van der Waals surface area contributed by atoms with E-state index in [9.17, 15) is 9.59 Å². The van der Waals surface area contributed by atoms with Gasteiger partial charge in [-0.1, -0.05) is 24.3 Å². The van der Waals surface area contributed by atoms with Crippen molar-refractivity contribution in [3.63, 3.8) is 0 Å². The van der Waals surface area contributed by atoms with Crippen LogP contribution in [0, 0.1) is 13.8 Å². The quantitative estimate of drug-likeness (QED) is 0.944. The maximum absolute atomic E-state index is 12.8. The van der Waals surface area contributed by atoms with E-state index in [4.69, 9.17) is 4.74 Å². The fourth-order valence-corrected chi connectivity index (χ4v) is 2.74. The third kappa shape index (κ3) is 2.97. The molecule has 0 bridgehead atoms. The molecule has 2 aromatic rings. The number of nitrogens with zero attached hydrogens (tertiary/aromatic N) is 1. The predicted molar refractivity (Wildman–Crippen MR) is 93.4 cm³/mol. The van der Waals surface area contributed by atoms with Crippen LogP contribution in [-0.4, -0.2) is 24.5 Å². The fourth-order valence-electron chi connectivity index (χ4n) is 2.74. The average Bonchev–Trinajstić information content (AvgIpc) is 2.57. The van der Waals surface area contributed by atoms with Gasteiger partial charge in [0.25, 0.3) is 5.91 Å². The van der Waals surface area contributed by atoms with Gasteiger partial charge in [-0.25, -0.2) is 0 Å². The maximum atomic E-state index is 12.8. The van der Waals surface area contributed by atoms with Crippen molar-refractivity contribution in [3.8, 4) is 5.75 Å². The lowest BCUT2D eigenvalue weighted by molar-refractivity contribution is -0.126. The Morgan fingerprint density at radius 1 is 1.17 bits per heavy atom. The third-order valence-corrected chi connectivity index (χ3v) is 4.24. The second kappa shape index (κ2) is 6.35. The number of fused-ring (bicyclic) bond motifs is 1. The molecule has 2 amide bonds. The van der Waals surface area contributed by atoms with Crippen molar-refractivity contribution in [1.82, 2.24) is 0 Å². The van der Waals surface area contributed by atoms with Gasteiger partial charge in [0.2, 0.25) is 5.91 Å². The van der Waals surface area contributed by atoms with E-state index in [-0.39, 0.29) is 18.4 Å². The highest BCUT2D eigenvalue weighted by Crippen LogP contribution is 2.30. The number of anilines is 2. The molecule has 1 atom stereocenters. The number of hydrogen-bond donors (Lipinski definition) is 1. The summed E-state index contributed by atoms with van der Waals surface area (Å²) < 4.78 is 5.87. The van der Waals surface area contributed by atoms with Crippen LogP contribution in [-0.2, 0) is 9.59 Å². The number of hydrogen-bond acceptors (Lipinski definition) is 3. The molecule has 0 saturated heterocycles. The summed E-state index contributed by atoms with van der Waals surface area (Å²) in [6.07, 6.45) is -0.690. The first-order valence-electron chi connectivity index (χ1n) is 7.90. The van der Waals surface area contributed by atoms with Gasteiger partial charge in [-0.2, -0.15) is 0 Å². The number of rotatable bonds is 3. The summed E-state index contributed by atoms with van der Waals surface area (Å²) in [4.78, 5) is 26.2. The minimum absolute atomic E-state index is 0.00362. The van der Waals surface area contributed by atoms with Crippen LogP contribution in [0.25, 0.3) is 0 Å². The Morgan fingerprint density at radius 2 is 1.92 bits per heavy atom. The molecule has 0 spiro atoms. The molecule has 0 aromatic heterocycles. The number of carbonyl (C=O) groups excluding carboxylic acids is 2. The summed E-state index contributed by atoms with van der Waals surface area (Å²) in [5.74, 6) is 0.241. The lowest BCUT2D eigenvalue weighted by Crippen LogP contribution is -2.47. The van der Waals surface area contributed by atoms with Crippen LogP contribution >= 0.6 is 0 Å². The molecule has 1 N–H and O–H groups in total. The van der Waals surface area contributed by atoms with E-state index < -0.39 is 6.10 Å². The fraction of sp³-hybridized carbons (Fsp3) is 0.263. The highest BCUT2D eigenvalue weighted by molar-refractivity contribution is 6.10. The lowest BCUT2D eigenvalue weighted by Gasteiger charge is -2.31. The van der Waals surface area contributed by atoms with Gasteiger partial charge in [0.1, 0.15) is 12.3 Å². The molecule has 0 aliphatic carbocycles. The smallest absolute Gasteiger partial charge is 0.268 e. The van der Waals surface area contributed by atoms with E-state index in [2.05, 4.69) is 5.32 Å². The number of ether oxygens (including phenoxy) is 1. The maximum Gasteiger partial charge on any atom is 0.268 e. The van der Waals surface area contributed by atoms with Crippen LogP contribution < -0.4 is 15.0 Å². The van der Waals surface area contributed by atoms with Crippen molar-refractivity contribution in [2.24, 2.45) is 0 Å². The Morgan fingerprint density at radius 3 is 2.71 bits per heavy atom. The Labute approximate surface area is 141 Å². The van der Waals surface area contributed by atoms with Crippen LogP contribution in [0.4, 0.5) is 11.4 Å². The van der Waals surface area contributed by atoms with Gasteiger partial charge in [0.05, 0.1) is 11.4 Å². The highest BCUT2D eigenvalue weighted by Gasteiger charge is 2.30. The normalized spacial score (nSPS) is 14.6. The molecule has 5 heteroatoms. The third-order valence-electron chi connectivity index (χ3n) is 4.24. The molecule has 1 heterocycles. The average molecular weight is 324 g/mol. The summed E-state index contributed by atoms with van der Waals surface area (Å²) >= 11 is 0. The number of carbonyl (C=O) groups is 2. The van der Waals surface area contributed by atoms with E-state index in [0.29, 0.717) is 17.1 Å². The number of aryl methyl sites for hydroxylation is 1. The lowest BCUT2D eigenvalue weighted by atomic mass is 10.1. The zero-order valence-corrected chi connectivity index (χ0v) is 14.0. The van der Waals surface area contributed by atoms with E-state index in [1.54, 1.807) is 13.0 Å². The van der Waals surface area contributed by atoms with Crippen molar-refractivity contribution < 1.29 is 14.3 Å². The molecule has 124 valence electrons. The molecule has 0 unspecified atom stereocenters. The molecule has 5 nitrogen and oxygen atoms in total. The van der Waals surface area contributed by atoms with Gasteiger partial charge >= 0.3 is 0 Å². The summed E-state index contributed by atoms with van der Waals surface area (Å²) in [5, 5.41) is 2.78. The van der Waals surface area contributed by atoms with Gasteiger partial charge in [-0.05, 0) is 50.1 Å². The summed E-state index contributed by atoms with van der Waals surface area (Å²) in [5.41, 5.74) is 3.45. The predicted octanol–water partition coefficient (Wildman–Crippen LogP) is 3.06. The van der Waals surface area contributed by atoms with E-state index in [1.807, 2.05) is 50.2 Å². The van der Waals surface area contributed by atoms with Crippen molar-refractivity contribution >= 4 is 23.2 Å². The van der Waals surface area contributed by atoms with E-state index in [0.717, 1.165) is 11.1 Å². The molecule has 1 aliphatic rings. The minimum atomic E-state index is -0.690. The molecule has 24 heavy (non-hydrogen) atoms. The molecule has 0 fully saturated rings. The first-order chi connectivity index (χ1) is 11.5. The number of amides is 2. The van der Waals surface area contributed by atoms with Crippen molar-refractivity contribution in [2.45, 2.75) is 26.9 Å². The Bertz CT molecular complexity index is 801. The minimum Gasteiger partial charge on any atom is -0.481 e. The molecule has 3 rings (SSSR count). The Kier molecular flexibility index (Phi) is 4.25. The molecular weight excluding hydrogens is 304 g/mol. The van der Waals surface area contributed by atoms with Gasteiger partial charge < -0.3 is 10.1 Å². The molecule has 1 aliphatic heterocycles. The number of nitrogens with one attached hydrogen (secondary N) is 1. The van der Waals surface area contributed by atoms with E-state index in [1.165, 1.54) is 4.90 Å². The Hall–Kier alpha value is -2.82. The number of para-hydroxylation sites is 2. The summed E-state index contributed by atoms with van der Waals surface area (Å²) in [7, 11) is 0. The van der Waals surface area contributed by atoms with Crippen molar-refractivity contribution in [1.29, 1.82) is 0 Å². The molecule has 0 radical (unpaired) electrons. The molecule has 2 aromatic carbocycles. The van der Waals surface area contributed by atoms with E-state index >= 15 is 0 Å². The first kappa shape index (κ1) is 16.1. The SMILES string of the molecule is Cc1cccc(O[C@@H](C)C(=O)N2CC(=O)Nc3ccccc32)c1C. The van der Waals surface area contributed by atoms with Gasteiger partial charge in [-0.3, -0.25) is 14.5 Å². The van der Waals surface area contributed by atoms with Gasteiger partial charge in [-0.15, -0.1) is 0 Å². The van der Waals surface area contributed by atoms with Crippen LogP contribution in [0.3, 0.4) is 0 Å². The standard InChI is InChI=1S/C19H20N2O3/c1-12-7-6-10-17(13(12)2)24-14(3)19(23)21-11-18(22)20-15-8-4-5-9-16(15)21/h4-10,14H,11H2,1-3H3,(H,20,22)/t14-/m0/s1. The highest BCUT2D eigenvalue weighted by atomic mass is 16.5. The summed E-state index contributed by atoms with van der Waals surface area (Å²) in [6.45, 7) is 5.67. The zero-order valence-electron chi connectivity index (χ0n) is 14.0. The molecular formula is C19H20N2O3. The van der Waals surface area contributed by atoms with Gasteiger partial charge in [0.15, 0.2) is 6.10 Å². The Balaban J connectivity index is 1.84. The molecule has 0 saturated carbocycles. The zero-order chi connectivity index (χ0) is 17.3. The summed E-state index contributed by atoms with van der Waals surface area (Å²) in [6, 6.07) is 13.0. The first-order valence-corrected chi connectivity index (χ1v) is 7.90. The van der Waals surface area contributed by atoms with Crippen molar-refractivity contribution in [3.05, 3.63) is 53.6 Å². The van der Waals surface area contributed by atoms with Crippen LogP contribution in [0.15, 0.2) is 42.5 Å². The van der Waals surface area contributed by atoms with Crippen LogP contribution in [0.2, 0.25) is 0 Å². The second-order valence-electron chi connectivity index (χ2n) is 5.95. The number of benzene rings is 2. The van der Waals surface area contributed by atoms with Crippen LogP contribution in [0.1, 0.15) is 18.1 Å². The second-order valence-corrected chi connectivity index (χ2v) is 5.95. The topological polar surface area (TPSA) is 58.6 Å². The van der Waals surface area contributed by atoms with Crippen LogP contribution in [0.5, 0.6) is 5.75 Å². The van der Waals surface area contributed by atoms with Gasteiger partial charge in [0, 0.05) is 0 Å². The largest absolute Gasteiger partial charge is 0.481 e.